The molecule has 0 saturated heterocycles. The van der Waals surface area contributed by atoms with Crippen LogP contribution in [-0.2, 0) is 0 Å². The van der Waals surface area contributed by atoms with Gasteiger partial charge in [0.05, 0.1) is 6.04 Å². The van der Waals surface area contributed by atoms with E-state index in [1.807, 2.05) is 6.92 Å². The Morgan fingerprint density at radius 1 is 1.31 bits per heavy atom. The quantitative estimate of drug-likeness (QED) is 0.710. The summed E-state index contributed by atoms with van der Waals surface area (Å²) in [6.45, 7) is 7.95. The number of rotatable bonds is 5. The van der Waals surface area contributed by atoms with E-state index in [4.69, 9.17) is 0 Å². The van der Waals surface area contributed by atoms with Crippen LogP contribution in [0, 0.1) is 5.92 Å². The van der Waals surface area contributed by atoms with E-state index in [0.717, 1.165) is 25.2 Å². The first-order valence-electron chi connectivity index (χ1n) is 5.96. The molecule has 0 amide bonds. The normalized spacial score (nSPS) is 25.9. The molecule has 86 valence electrons. The van der Waals surface area contributed by atoms with Crippen molar-refractivity contribution < 1.29 is 0 Å². The molecule has 2 heteroatoms. The van der Waals surface area contributed by atoms with E-state index in [1.165, 1.54) is 0 Å². The third-order valence-electron chi connectivity index (χ3n) is 3.05. The van der Waals surface area contributed by atoms with E-state index in [-0.39, 0.29) is 0 Å². The second-order valence-electron chi connectivity index (χ2n) is 4.48. The lowest BCUT2D eigenvalue weighted by Crippen LogP contribution is -2.32. The SMILES string of the molecule is C=C(C)NCCCN1C=CC2C=CC=CC21. The maximum atomic E-state index is 3.83. The molecule has 1 aliphatic carbocycles. The highest BCUT2D eigenvalue weighted by Crippen LogP contribution is 2.26. The third kappa shape index (κ3) is 2.57. The average Bonchev–Trinajstić information content (AvgIpc) is 2.68. The fourth-order valence-corrected chi connectivity index (χ4v) is 2.22. The summed E-state index contributed by atoms with van der Waals surface area (Å²) < 4.78 is 0. The molecule has 2 rings (SSSR count). The van der Waals surface area contributed by atoms with Gasteiger partial charge in [0.1, 0.15) is 0 Å². The molecule has 2 aliphatic rings. The number of nitrogens with one attached hydrogen (secondary N) is 1. The molecule has 0 aromatic heterocycles. The minimum atomic E-state index is 0.551. The maximum Gasteiger partial charge on any atom is 0.0568 e. The summed E-state index contributed by atoms with van der Waals surface area (Å²) >= 11 is 0. The molecule has 0 spiro atoms. The summed E-state index contributed by atoms with van der Waals surface area (Å²) in [6.07, 6.45) is 14.5. The average molecular weight is 216 g/mol. The Morgan fingerprint density at radius 2 is 2.12 bits per heavy atom. The smallest absolute Gasteiger partial charge is 0.0568 e. The molecule has 0 aromatic rings. The van der Waals surface area contributed by atoms with Crippen LogP contribution in [0.3, 0.4) is 0 Å². The van der Waals surface area contributed by atoms with Crippen LogP contribution in [0.15, 0.2) is 48.9 Å². The van der Waals surface area contributed by atoms with Crippen molar-refractivity contribution in [2.75, 3.05) is 13.1 Å². The molecule has 0 saturated carbocycles. The topological polar surface area (TPSA) is 15.3 Å². The predicted octanol–water partition coefficient (Wildman–Crippen LogP) is 2.44. The molecule has 2 atom stereocenters. The Morgan fingerprint density at radius 3 is 2.94 bits per heavy atom. The van der Waals surface area contributed by atoms with Gasteiger partial charge in [-0.05, 0) is 19.5 Å². The Hall–Kier alpha value is -1.44. The molecule has 1 aliphatic heterocycles. The highest BCUT2D eigenvalue weighted by Gasteiger charge is 2.25. The Kier molecular flexibility index (Phi) is 3.50. The van der Waals surface area contributed by atoms with Gasteiger partial charge in [-0.2, -0.15) is 0 Å². The second-order valence-corrected chi connectivity index (χ2v) is 4.48. The predicted molar refractivity (Wildman–Crippen MR) is 68.8 cm³/mol. The zero-order chi connectivity index (χ0) is 11.4. The Labute approximate surface area is 98.0 Å². The first-order chi connectivity index (χ1) is 7.77. The molecule has 2 nitrogen and oxygen atoms in total. The molecular formula is C14H20N2. The van der Waals surface area contributed by atoms with Crippen LogP contribution in [0.5, 0.6) is 0 Å². The van der Waals surface area contributed by atoms with Crippen LogP contribution in [-0.4, -0.2) is 24.0 Å². The standard InChI is InChI=1S/C14H20N2/c1-12(2)15-9-5-10-16-11-8-13-6-3-4-7-14(13)16/h3-4,6-8,11,13-15H,1,5,9-10H2,2H3. The number of fused-ring (bicyclic) bond motifs is 1. The van der Waals surface area contributed by atoms with E-state index in [0.29, 0.717) is 12.0 Å². The van der Waals surface area contributed by atoms with Gasteiger partial charge in [0, 0.05) is 24.7 Å². The molecule has 0 radical (unpaired) electrons. The van der Waals surface area contributed by atoms with Gasteiger partial charge >= 0.3 is 0 Å². The van der Waals surface area contributed by atoms with Gasteiger partial charge in [-0.15, -0.1) is 0 Å². The summed E-state index contributed by atoms with van der Waals surface area (Å²) in [5, 5.41) is 3.26. The van der Waals surface area contributed by atoms with Crippen LogP contribution in [0.25, 0.3) is 0 Å². The van der Waals surface area contributed by atoms with Gasteiger partial charge < -0.3 is 10.2 Å². The van der Waals surface area contributed by atoms with Crippen LogP contribution in [0.2, 0.25) is 0 Å². The number of nitrogens with zero attached hydrogens (tertiary/aromatic N) is 1. The van der Waals surface area contributed by atoms with Gasteiger partial charge in [-0.3, -0.25) is 0 Å². The minimum absolute atomic E-state index is 0.551. The third-order valence-corrected chi connectivity index (χ3v) is 3.05. The van der Waals surface area contributed by atoms with Crippen molar-refractivity contribution in [1.82, 2.24) is 10.2 Å². The molecular weight excluding hydrogens is 196 g/mol. The molecule has 0 aromatic carbocycles. The lowest BCUT2D eigenvalue weighted by atomic mass is 9.97. The zero-order valence-electron chi connectivity index (χ0n) is 9.89. The van der Waals surface area contributed by atoms with Gasteiger partial charge in [-0.25, -0.2) is 0 Å². The Bertz CT molecular complexity index is 339. The largest absolute Gasteiger partial charge is 0.389 e. The highest BCUT2D eigenvalue weighted by molar-refractivity contribution is 5.25. The minimum Gasteiger partial charge on any atom is -0.389 e. The van der Waals surface area contributed by atoms with Crippen molar-refractivity contribution in [2.45, 2.75) is 19.4 Å². The number of allylic oxidation sites excluding steroid dienone is 3. The fourth-order valence-electron chi connectivity index (χ4n) is 2.22. The molecule has 1 N–H and O–H groups in total. The van der Waals surface area contributed by atoms with E-state index >= 15 is 0 Å². The van der Waals surface area contributed by atoms with Gasteiger partial charge in [0.25, 0.3) is 0 Å². The van der Waals surface area contributed by atoms with E-state index < -0.39 is 0 Å². The summed E-state index contributed by atoms with van der Waals surface area (Å²) in [5.41, 5.74) is 1.05. The van der Waals surface area contributed by atoms with Gasteiger partial charge in [-0.1, -0.05) is 37.0 Å². The second kappa shape index (κ2) is 5.06. The first-order valence-corrected chi connectivity index (χ1v) is 5.96. The van der Waals surface area contributed by atoms with Crippen LogP contribution in [0.4, 0.5) is 0 Å². The lowest BCUT2D eigenvalue weighted by molar-refractivity contribution is 0.313. The molecule has 0 fully saturated rings. The highest BCUT2D eigenvalue weighted by atomic mass is 15.2. The monoisotopic (exact) mass is 216 g/mol. The maximum absolute atomic E-state index is 3.83. The van der Waals surface area contributed by atoms with E-state index in [9.17, 15) is 0 Å². The van der Waals surface area contributed by atoms with E-state index in [1.54, 1.807) is 0 Å². The van der Waals surface area contributed by atoms with Crippen LogP contribution >= 0.6 is 0 Å². The zero-order valence-corrected chi connectivity index (χ0v) is 9.89. The van der Waals surface area contributed by atoms with E-state index in [2.05, 4.69) is 53.4 Å². The van der Waals surface area contributed by atoms with Crippen molar-refractivity contribution in [1.29, 1.82) is 0 Å². The van der Waals surface area contributed by atoms with Gasteiger partial charge in [0.15, 0.2) is 0 Å². The molecule has 0 bridgehead atoms. The summed E-state index contributed by atoms with van der Waals surface area (Å²) in [7, 11) is 0. The summed E-state index contributed by atoms with van der Waals surface area (Å²) in [6, 6.07) is 0.551. The van der Waals surface area contributed by atoms with Crippen molar-refractivity contribution in [3.63, 3.8) is 0 Å². The lowest BCUT2D eigenvalue weighted by Gasteiger charge is -2.27. The number of hydrogen-bond acceptors (Lipinski definition) is 2. The van der Waals surface area contributed by atoms with Crippen molar-refractivity contribution >= 4 is 0 Å². The van der Waals surface area contributed by atoms with Crippen LogP contribution < -0.4 is 5.32 Å². The van der Waals surface area contributed by atoms with Crippen molar-refractivity contribution in [3.8, 4) is 0 Å². The summed E-state index contributed by atoms with van der Waals surface area (Å²) in [4.78, 5) is 2.42. The van der Waals surface area contributed by atoms with Crippen LogP contribution in [0.1, 0.15) is 13.3 Å². The summed E-state index contributed by atoms with van der Waals surface area (Å²) in [5.74, 6) is 0.582. The molecule has 1 heterocycles. The Balaban J connectivity index is 1.75. The molecule has 16 heavy (non-hydrogen) atoms. The molecule has 2 unspecified atom stereocenters. The van der Waals surface area contributed by atoms with Crippen molar-refractivity contribution in [2.24, 2.45) is 5.92 Å². The van der Waals surface area contributed by atoms with Crippen molar-refractivity contribution in [3.05, 3.63) is 48.9 Å². The first kappa shape index (κ1) is 11.1. The van der Waals surface area contributed by atoms with Gasteiger partial charge in [0.2, 0.25) is 0 Å². The fraction of sp³-hybridized carbons (Fsp3) is 0.429. The number of hydrogen-bond donors (Lipinski definition) is 1.